The van der Waals surface area contributed by atoms with E-state index in [4.69, 9.17) is 5.11 Å². The Bertz CT molecular complexity index is 586. The number of fused-ring (bicyclic) bond motifs is 1. The Morgan fingerprint density at radius 3 is 2.60 bits per heavy atom. The van der Waals surface area contributed by atoms with E-state index >= 15 is 0 Å². The van der Waals surface area contributed by atoms with Crippen molar-refractivity contribution >= 4 is 21.9 Å². The summed E-state index contributed by atoms with van der Waals surface area (Å²) >= 11 is 0. The van der Waals surface area contributed by atoms with Crippen molar-refractivity contribution in [1.82, 2.24) is 0 Å². The molecule has 1 aliphatic heterocycles. The van der Waals surface area contributed by atoms with Gasteiger partial charge in [0.25, 0.3) is 0 Å². The quantitative estimate of drug-likeness (QED) is 0.729. The van der Waals surface area contributed by atoms with Gasteiger partial charge in [-0.3, -0.25) is 0 Å². The van der Waals surface area contributed by atoms with Crippen LogP contribution >= 0.6 is 0 Å². The normalized spacial score (nSPS) is 17.0. The number of sulfone groups is 1. The largest absolute Gasteiger partial charge is 0.477 e. The van der Waals surface area contributed by atoms with Gasteiger partial charge in [0.2, 0.25) is 9.84 Å². The predicted octanol–water partition coefficient (Wildman–Crippen LogP) is 1.04. The number of halogens is 1. The fourth-order valence-electron chi connectivity index (χ4n) is 1.39. The lowest BCUT2D eigenvalue weighted by atomic mass is 10.2. The van der Waals surface area contributed by atoms with Gasteiger partial charge in [-0.2, -0.15) is 0 Å². The van der Waals surface area contributed by atoms with Crippen molar-refractivity contribution in [2.24, 2.45) is 0 Å². The summed E-state index contributed by atoms with van der Waals surface area (Å²) < 4.78 is 35.9. The summed E-state index contributed by atoms with van der Waals surface area (Å²) in [5, 5.41) is 8.65. The smallest absolute Gasteiger partial charge is 0.347 e. The van der Waals surface area contributed by atoms with Crippen LogP contribution in [0.25, 0.3) is 6.08 Å². The molecule has 4 nitrogen and oxygen atoms in total. The van der Waals surface area contributed by atoms with Crippen LogP contribution in [-0.4, -0.2) is 19.5 Å². The molecule has 0 bridgehead atoms. The van der Waals surface area contributed by atoms with Crippen LogP contribution in [0.15, 0.2) is 28.0 Å². The number of carboxylic acid groups (broad SMARTS) is 1. The predicted molar refractivity (Wildman–Crippen MR) is 49.2 cm³/mol. The van der Waals surface area contributed by atoms with Crippen LogP contribution in [-0.2, 0) is 14.6 Å². The van der Waals surface area contributed by atoms with Gasteiger partial charge in [0.1, 0.15) is 5.82 Å². The summed E-state index contributed by atoms with van der Waals surface area (Å²) in [5.74, 6) is -2.14. The molecule has 0 fully saturated rings. The topological polar surface area (TPSA) is 71.4 Å². The molecule has 0 unspecified atom stereocenters. The van der Waals surface area contributed by atoms with Crippen LogP contribution in [0.3, 0.4) is 0 Å². The molecule has 1 aromatic rings. The number of rotatable bonds is 1. The summed E-state index contributed by atoms with van der Waals surface area (Å²) in [6.07, 6.45) is 0.954. The van der Waals surface area contributed by atoms with Crippen molar-refractivity contribution in [2.75, 3.05) is 0 Å². The van der Waals surface area contributed by atoms with E-state index in [-0.39, 0.29) is 10.5 Å². The Morgan fingerprint density at radius 2 is 2.00 bits per heavy atom. The van der Waals surface area contributed by atoms with Crippen LogP contribution in [0.5, 0.6) is 0 Å². The minimum atomic E-state index is -3.97. The molecule has 1 aromatic carbocycles. The highest BCUT2D eigenvalue weighted by molar-refractivity contribution is 7.96. The molecule has 0 saturated heterocycles. The van der Waals surface area contributed by atoms with Crippen molar-refractivity contribution in [3.8, 4) is 0 Å². The van der Waals surface area contributed by atoms with Crippen molar-refractivity contribution in [1.29, 1.82) is 0 Å². The van der Waals surface area contributed by atoms with Gasteiger partial charge in [-0.1, -0.05) is 0 Å². The molecule has 0 aromatic heterocycles. The van der Waals surface area contributed by atoms with Crippen LogP contribution in [0.4, 0.5) is 4.39 Å². The second kappa shape index (κ2) is 2.90. The highest BCUT2D eigenvalue weighted by Crippen LogP contribution is 2.32. The van der Waals surface area contributed by atoms with Gasteiger partial charge in [0, 0.05) is 0 Å². The van der Waals surface area contributed by atoms with E-state index in [0.717, 1.165) is 24.3 Å². The first-order chi connectivity index (χ1) is 6.93. The third-order valence-electron chi connectivity index (χ3n) is 2.05. The average Bonchev–Trinajstić information content (AvgIpc) is 2.37. The lowest BCUT2D eigenvalue weighted by Gasteiger charge is -1.98. The zero-order chi connectivity index (χ0) is 11.2. The minimum absolute atomic E-state index is 0.0763. The van der Waals surface area contributed by atoms with Crippen LogP contribution in [0.2, 0.25) is 0 Å². The molecule has 15 heavy (non-hydrogen) atoms. The van der Waals surface area contributed by atoms with E-state index in [1.54, 1.807) is 0 Å². The minimum Gasteiger partial charge on any atom is -0.477 e. The van der Waals surface area contributed by atoms with E-state index in [1.807, 2.05) is 0 Å². The third-order valence-corrected chi connectivity index (χ3v) is 3.87. The van der Waals surface area contributed by atoms with Crippen LogP contribution in [0.1, 0.15) is 5.56 Å². The molecule has 0 amide bonds. The summed E-state index contributed by atoms with van der Waals surface area (Å²) in [4.78, 5) is 9.74. The first-order valence-electron chi connectivity index (χ1n) is 3.92. The van der Waals surface area contributed by atoms with Gasteiger partial charge < -0.3 is 5.11 Å². The van der Waals surface area contributed by atoms with E-state index in [0.29, 0.717) is 0 Å². The molecule has 1 N–H and O–H groups in total. The second-order valence-electron chi connectivity index (χ2n) is 3.00. The van der Waals surface area contributed by atoms with Crippen molar-refractivity contribution in [3.05, 3.63) is 34.5 Å². The first-order valence-corrected chi connectivity index (χ1v) is 5.41. The SMILES string of the molecule is O=C(O)C1=Cc2cc(F)ccc2S1(=O)=O. The van der Waals surface area contributed by atoms with E-state index in [2.05, 4.69) is 0 Å². The Kier molecular flexibility index (Phi) is 1.90. The van der Waals surface area contributed by atoms with Crippen LogP contribution in [0, 0.1) is 5.82 Å². The van der Waals surface area contributed by atoms with Gasteiger partial charge in [-0.15, -0.1) is 0 Å². The van der Waals surface area contributed by atoms with Gasteiger partial charge in [0.05, 0.1) is 4.90 Å². The Balaban J connectivity index is 2.74. The van der Waals surface area contributed by atoms with Gasteiger partial charge >= 0.3 is 5.97 Å². The number of carbonyl (C=O) groups is 1. The Hall–Kier alpha value is -1.69. The number of hydrogen-bond acceptors (Lipinski definition) is 3. The number of aliphatic carboxylic acids is 1. The molecule has 78 valence electrons. The fourth-order valence-corrected chi connectivity index (χ4v) is 2.82. The Morgan fingerprint density at radius 1 is 1.33 bits per heavy atom. The highest BCUT2D eigenvalue weighted by atomic mass is 32.2. The maximum Gasteiger partial charge on any atom is 0.347 e. The fraction of sp³-hybridized carbons (Fsp3) is 0. The van der Waals surface area contributed by atoms with Crippen molar-refractivity contribution in [3.63, 3.8) is 0 Å². The van der Waals surface area contributed by atoms with Gasteiger partial charge in [-0.25, -0.2) is 17.6 Å². The number of benzene rings is 1. The molecule has 1 aliphatic rings. The first kappa shape index (κ1) is 9.85. The summed E-state index contributed by atoms with van der Waals surface area (Å²) in [6, 6.07) is 3.03. The molecular formula is C9H5FO4S. The maximum atomic E-state index is 12.8. The molecule has 0 atom stereocenters. The zero-order valence-corrected chi connectivity index (χ0v) is 8.08. The lowest BCUT2D eigenvalue weighted by molar-refractivity contribution is -0.131. The lowest BCUT2D eigenvalue weighted by Crippen LogP contribution is -2.09. The van der Waals surface area contributed by atoms with Crippen molar-refractivity contribution in [2.45, 2.75) is 4.90 Å². The molecule has 1 heterocycles. The van der Waals surface area contributed by atoms with E-state index < -0.39 is 26.5 Å². The molecule has 0 saturated carbocycles. The highest BCUT2D eigenvalue weighted by Gasteiger charge is 2.34. The summed E-state index contributed by atoms with van der Waals surface area (Å²) in [6.45, 7) is 0. The Labute approximate surface area is 84.6 Å². The molecule has 0 aliphatic carbocycles. The van der Waals surface area contributed by atoms with Crippen molar-refractivity contribution < 1.29 is 22.7 Å². The van der Waals surface area contributed by atoms with Gasteiger partial charge in [-0.05, 0) is 29.8 Å². The van der Waals surface area contributed by atoms with E-state index in [1.165, 1.54) is 0 Å². The molecule has 0 spiro atoms. The maximum absolute atomic E-state index is 12.8. The molecule has 6 heteroatoms. The van der Waals surface area contributed by atoms with E-state index in [9.17, 15) is 17.6 Å². The monoisotopic (exact) mass is 228 g/mol. The summed E-state index contributed by atoms with van der Waals surface area (Å²) in [5.41, 5.74) is 0.0763. The van der Waals surface area contributed by atoms with Gasteiger partial charge in [0.15, 0.2) is 4.91 Å². The molecule has 2 rings (SSSR count). The standard InChI is InChI=1S/C9H5FO4S/c10-6-1-2-7-5(3-6)4-8(9(11)12)15(7,13)14/h1-4H,(H,11,12). The molecule has 0 radical (unpaired) electrons. The summed E-state index contributed by atoms with van der Waals surface area (Å²) in [7, 11) is -3.97. The molecular weight excluding hydrogens is 223 g/mol. The average molecular weight is 228 g/mol. The zero-order valence-electron chi connectivity index (χ0n) is 7.27. The third kappa shape index (κ3) is 1.33. The number of hydrogen-bond donors (Lipinski definition) is 1. The number of carboxylic acids is 1. The van der Waals surface area contributed by atoms with Crippen LogP contribution < -0.4 is 0 Å². The second-order valence-corrected chi connectivity index (χ2v) is 4.89.